The van der Waals surface area contributed by atoms with Gasteiger partial charge in [-0.05, 0) is 55.8 Å². The molecule has 110 valence electrons. The summed E-state index contributed by atoms with van der Waals surface area (Å²) in [5, 5.41) is 0. The van der Waals surface area contributed by atoms with Crippen LogP contribution in [0.4, 0.5) is 0 Å². The molecule has 2 heteroatoms. The first-order chi connectivity index (χ1) is 9.74. The first kappa shape index (κ1) is 15.5. The predicted molar refractivity (Wildman–Crippen MR) is 90.8 cm³/mol. The Morgan fingerprint density at radius 3 is 2.65 bits per heavy atom. The minimum Gasteiger partial charge on any atom is -0.316 e. The molecule has 1 aromatic carbocycles. The molecule has 1 aliphatic heterocycles. The van der Waals surface area contributed by atoms with Crippen LogP contribution in [0.1, 0.15) is 63.5 Å². The number of rotatable bonds is 7. The lowest BCUT2D eigenvalue weighted by Gasteiger charge is -2.30. The fourth-order valence-corrected chi connectivity index (χ4v) is 3.74. The molecular weight excluding hydrogens is 262 g/mol. The van der Waals surface area contributed by atoms with Gasteiger partial charge in [0, 0.05) is 17.1 Å². The molecule has 0 amide bonds. The van der Waals surface area contributed by atoms with Crippen LogP contribution in [0, 0.1) is 6.92 Å². The summed E-state index contributed by atoms with van der Waals surface area (Å²) in [5.74, 6) is 0. The van der Waals surface area contributed by atoms with Gasteiger partial charge in [-0.3, -0.25) is 0 Å². The van der Waals surface area contributed by atoms with Crippen molar-refractivity contribution in [3.05, 3.63) is 35.0 Å². The minimum atomic E-state index is 1.15. The fraction of sp³-hybridized carbons (Fsp3) is 0.556. The number of benzene rings is 1. The van der Waals surface area contributed by atoms with Gasteiger partial charge in [0.2, 0.25) is 0 Å². The molecule has 0 N–H and O–H groups in total. The van der Waals surface area contributed by atoms with Crippen LogP contribution in [0.2, 0.25) is 0 Å². The zero-order valence-electron chi connectivity index (χ0n) is 13.1. The first-order valence-corrected chi connectivity index (χ1v) is 8.78. The topological polar surface area (TPSA) is 3.24 Å². The largest absolute Gasteiger partial charge is 0.316 e. The Kier molecular flexibility index (Phi) is 6.03. The molecule has 0 atom stereocenters. The molecule has 2 rings (SSSR count). The average molecular weight is 289 g/mol. The van der Waals surface area contributed by atoms with Gasteiger partial charge in [0.25, 0.3) is 0 Å². The van der Waals surface area contributed by atoms with Gasteiger partial charge >= 0.3 is 0 Å². The Morgan fingerprint density at radius 2 is 1.90 bits per heavy atom. The zero-order valence-corrected chi connectivity index (χ0v) is 13.9. The van der Waals surface area contributed by atoms with E-state index in [1.807, 2.05) is 11.9 Å². The summed E-state index contributed by atoms with van der Waals surface area (Å²) < 4.78 is 2.50. The highest BCUT2D eigenvalue weighted by Gasteiger charge is 2.18. The molecule has 0 saturated heterocycles. The van der Waals surface area contributed by atoms with E-state index < -0.39 is 0 Å². The van der Waals surface area contributed by atoms with Crippen LogP contribution in [0.15, 0.2) is 28.8 Å². The number of hydrogen-bond donors (Lipinski definition) is 0. The summed E-state index contributed by atoms with van der Waals surface area (Å²) in [6.07, 6.45) is 10.2. The van der Waals surface area contributed by atoms with Crippen LogP contribution in [0.3, 0.4) is 0 Å². The molecule has 0 radical (unpaired) electrons. The monoisotopic (exact) mass is 289 g/mol. The summed E-state index contributed by atoms with van der Waals surface area (Å²) in [6.45, 7) is 7.87. The van der Waals surface area contributed by atoms with Crippen molar-refractivity contribution in [1.29, 1.82) is 0 Å². The van der Waals surface area contributed by atoms with Crippen molar-refractivity contribution < 1.29 is 0 Å². The second-order valence-electron chi connectivity index (χ2n) is 5.68. The third kappa shape index (κ3) is 4.05. The molecule has 0 fully saturated rings. The second kappa shape index (κ2) is 7.78. The summed E-state index contributed by atoms with van der Waals surface area (Å²) in [6, 6.07) is 6.80. The van der Waals surface area contributed by atoms with Gasteiger partial charge in [-0.1, -0.05) is 50.8 Å². The first-order valence-electron chi connectivity index (χ1n) is 8.01. The lowest BCUT2D eigenvalue weighted by molar-refractivity contribution is 0.522. The fourth-order valence-electron chi connectivity index (χ4n) is 2.61. The smallest absolute Gasteiger partial charge is 0.0360 e. The van der Waals surface area contributed by atoms with Crippen LogP contribution >= 0.6 is 11.9 Å². The highest BCUT2D eigenvalue weighted by Crippen LogP contribution is 2.38. The van der Waals surface area contributed by atoms with E-state index in [1.54, 1.807) is 0 Å². The van der Waals surface area contributed by atoms with Gasteiger partial charge in [-0.15, -0.1) is 0 Å². The number of fused-ring (bicyclic) bond motifs is 1. The highest BCUT2D eigenvalue weighted by atomic mass is 32.2. The van der Waals surface area contributed by atoms with Crippen molar-refractivity contribution in [2.24, 2.45) is 0 Å². The quantitative estimate of drug-likeness (QED) is 0.445. The van der Waals surface area contributed by atoms with Crippen molar-refractivity contribution in [3.8, 4) is 0 Å². The summed E-state index contributed by atoms with van der Waals surface area (Å²) >= 11 is 1.93. The van der Waals surface area contributed by atoms with Gasteiger partial charge in [-0.25, -0.2) is 0 Å². The van der Waals surface area contributed by atoms with Crippen molar-refractivity contribution in [2.45, 2.75) is 64.2 Å². The molecule has 1 heterocycles. The van der Waals surface area contributed by atoms with Crippen LogP contribution in [0.5, 0.6) is 0 Å². The van der Waals surface area contributed by atoms with Crippen LogP contribution in [0.25, 0.3) is 6.08 Å². The van der Waals surface area contributed by atoms with Crippen LogP contribution in [-0.2, 0) is 0 Å². The molecule has 20 heavy (non-hydrogen) atoms. The summed E-state index contributed by atoms with van der Waals surface area (Å²) in [7, 11) is 0. The minimum absolute atomic E-state index is 1.15. The van der Waals surface area contributed by atoms with E-state index in [9.17, 15) is 0 Å². The Labute approximate surface area is 128 Å². The van der Waals surface area contributed by atoms with Crippen LogP contribution in [-0.4, -0.2) is 10.8 Å². The zero-order chi connectivity index (χ0) is 14.4. The van der Waals surface area contributed by atoms with E-state index in [2.05, 4.69) is 49.4 Å². The van der Waals surface area contributed by atoms with Gasteiger partial charge in [-0.2, -0.15) is 0 Å². The number of allylic oxidation sites excluding steroid dienone is 1. The maximum Gasteiger partial charge on any atom is 0.0360 e. The average Bonchev–Trinajstić information content (AvgIpc) is 2.44. The van der Waals surface area contributed by atoms with E-state index in [-0.39, 0.29) is 0 Å². The molecule has 1 aliphatic rings. The van der Waals surface area contributed by atoms with Crippen LogP contribution < -0.4 is 0 Å². The maximum absolute atomic E-state index is 2.50. The van der Waals surface area contributed by atoms with Gasteiger partial charge in [0.1, 0.15) is 0 Å². The van der Waals surface area contributed by atoms with E-state index >= 15 is 0 Å². The van der Waals surface area contributed by atoms with Gasteiger partial charge < -0.3 is 4.31 Å². The predicted octanol–water partition coefficient (Wildman–Crippen LogP) is 6.04. The SMILES string of the molecule is CCCCCCC1=Cc2cc(C)ccc2SN1CCC. The van der Waals surface area contributed by atoms with E-state index in [1.165, 1.54) is 60.2 Å². The molecule has 0 saturated carbocycles. The normalized spacial score (nSPS) is 14.2. The molecule has 1 nitrogen and oxygen atoms in total. The third-order valence-electron chi connectivity index (χ3n) is 3.73. The van der Waals surface area contributed by atoms with Crippen molar-refractivity contribution in [3.63, 3.8) is 0 Å². The lowest BCUT2D eigenvalue weighted by atomic mass is 10.1. The van der Waals surface area contributed by atoms with E-state index in [4.69, 9.17) is 0 Å². The van der Waals surface area contributed by atoms with Crippen molar-refractivity contribution in [1.82, 2.24) is 4.31 Å². The summed E-state index contributed by atoms with van der Waals surface area (Å²) in [4.78, 5) is 1.40. The molecule has 0 spiro atoms. The number of unbranched alkanes of at least 4 members (excludes halogenated alkanes) is 3. The Hall–Kier alpha value is -0.890. The molecule has 0 aliphatic carbocycles. The van der Waals surface area contributed by atoms with Gasteiger partial charge in [0.15, 0.2) is 0 Å². The second-order valence-corrected chi connectivity index (χ2v) is 6.74. The number of hydrogen-bond acceptors (Lipinski definition) is 2. The number of aryl methyl sites for hydroxylation is 1. The highest BCUT2D eigenvalue weighted by molar-refractivity contribution is 7.97. The van der Waals surface area contributed by atoms with Crippen molar-refractivity contribution >= 4 is 18.0 Å². The van der Waals surface area contributed by atoms with Gasteiger partial charge in [0.05, 0.1) is 0 Å². The lowest BCUT2D eigenvalue weighted by Crippen LogP contribution is -2.19. The summed E-state index contributed by atoms with van der Waals surface area (Å²) in [5.41, 5.74) is 4.29. The number of nitrogens with zero attached hydrogens (tertiary/aromatic N) is 1. The van der Waals surface area contributed by atoms with Crippen molar-refractivity contribution in [2.75, 3.05) is 6.54 Å². The molecule has 0 bridgehead atoms. The third-order valence-corrected chi connectivity index (χ3v) is 4.94. The Balaban J connectivity index is 2.11. The Morgan fingerprint density at radius 1 is 1.05 bits per heavy atom. The molecule has 0 unspecified atom stereocenters. The molecular formula is C18H27NS. The Bertz CT molecular complexity index is 464. The molecule has 0 aromatic heterocycles. The maximum atomic E-state index is 2.50. The van der Waals surface area contributed by atoms with E-state index in [0.717, 1.165) is 6.54 Å². The van der Waals surface area contributed by atoms with E-state index in [0.29, 0.717) is 0 Å². The molecule has 1 aromatic rings. The standard InChI is InChI=1S/C18H27NS/c1-4-6-7-8-9-17-14-16-13-15(3)10-11-18(16)20-19(17)12-5-2/h10-11,13-14H,4-9,12H2,1-3H3.